The normalized spacial score (nSPS) is 12.1. The second-order valence-electron chi connectivity index (χ2n) is 5.13. The topological polar surface area (TPSA) is 20.3 Å². The van der Waals surface area contributed by atoms with Crippen LogP contribution < -0.4 is 0 Å². The maximum absolute atomic E-state index is 12.5. The van der Waals surface area contributed by atoms with Gasteiger partial charge < -0.3 is 4.90 Å². The van der Waals surface area contributed by atoms with Gasteiger partial charge in [-0.2, -0.15) is 0 Å². The minimum absolute atomic E-state index is 0.193. The van der Waals surface area contributed by atoms with E-state index in [1.54, 1.807) is 0 Å². The van der Waals surface area contributed by atoms with Crippen molar-refractivity contribution in [3.05, 3.63) is 57.2 Å². The van der Waals surface area contributed by atoms with E-state index in [0.717, 1.165) is 15.8 Å². The van der Waals surface area contributed by atoms with E-state index in [0.29, 0.717) is 13.0 Å². The molecular weight excluding hydrogens is 302 g/mol. The number of amides is 1. The fourth-order valence-corrected chi connectivity index (χ4v) is 3.39. The van der Waals surface area contributed by atoms with Gasteiger partial charge in [0.15, 0.2) is 0 Å². The van der Waals surface area contributed by atoms with Crippen molar-refractivity contribution in [1.82, 2.24) is 4.90 Å². The third-order valence-corrected chi connectivity index (χ3v) is 4.78. The first kappa shape index (κ1) is 16.1. The number of hydrogen-bond acceptors (Lipinski definition) is 2. The van der Waals surface area contributed by atoms with Crippen LogP contribution in [0, 0.1) is 0 Å². The van der Waals surface area contributed by atoms with Crippen LogP contribution in [-0.2, 0) is 11.3 Å². The lowest BCUT2D eigenvalue weighted by atomic mass is 9.97. The summed E-state index contributed by atoms with van der Waals surface area (Å²) in [5.41, 5.74) is 1.21. The molecule has 1 aromatic heterocycles. The summed E-state index contributed by atoms with van der Waals surface area (Å²) in [7, 11) is 0. The molecule has 2 rings (SSSR count). The smallest absolute Gasteiger partial charge is 0.223 e. The van der Waals surface area contributed by atoms with Crippen LogP contribution in [-0.4, -0.2) is 17.4 Å². The molecule has 1 heterocycles. The van der Waals surface area contributed by atoms with Crippen molar-refractivity contribution in [3.8, 4) is 0 Å². The molecule has 0 radical (unpaired) electrons. The molecule has 1 atom stereocenters. The third kappa shape index (κ3) is 4.58. The van der Waals surface area contributed by atoms with E-state index in [1.807, 2.05) is 42.2 Å². The van der Waals surface area contributed by atoms with Crippen molar-refractivity contribution in [3.63, 3.8) is 0 Å². The van der Waals surface area contributed by atoms with Gasteiger partial charge in [0.1, 0.15) is 0 Å². The number of carbonyl (C=O) groups is 1. The maximum atomic E-state index is 12.5. The molecule has 0 aliphatic rings. The van der Waals surface area contributed by atoms with Gasteiger partial charge in [-0.1, -0.05) is 48.9 Å². The second-order valence-corrected chi connectivity index (χ2v) is 6.93. The monoisotopic (exact) mass is 321 g/mol. The highest BCUT2D eigenvalue weighted by molar-refractivity contribution is 7.16. The number of thiophene rings is 1. The van der Waals surface area contributed by atoms with Crippen molar-refractivity contribution in [2.45, 2.75) is 32.7 Å². The summed E-state index contributed by atoms with van der Waals surface area (Å²) in [5.74, 6) is 0.429. The molecule has 2 aromatic rings. The van der Waals surface area contributed by atoms with E-state index < -0.39 is 0 Å². The zero-order chi connectivity index (χ0) is 15.2. The largest absolute Gasteiger partial charge is 0.338 e. The lowest BCUT2D eigenvalue weighted by Gasteiger charge is -2.22. The van der Waals surface area contributed by atoms with Crippen LogP contribution in [0.15, 0.2) is 42.5 Å². The lowest BCUT2D eigenvalue weighted by Crippen LogP contribution is -2.30. The molecule has 0 aliphatic heterocycles. The second kappa shape index (κ2) is 7.62. The van der Waals surface area contributed by atoms with Crippen LogP contribution in [0.4, 0.5) is 0 Å². The van der Waals surface area contributed by atoms with Crippen LogP contribution in [0.3, 0.4) is 0 Å². The fraction of sp³-hybridized carbons (Fsp3) is 0.353. The van der Waals surface area contributed by atoms with Gasteiger partial charge in [0.2, 0.25) is 5.91 Å². The Bertz CT molecular complexity index is 581. The minimum Gasteiger partial charge on any atom is -0.338 e. The lowest BCUT2D eigenvalue weighted by molar-refractivity contribution is -0.131. The Morgan fingerprint density at radius 3 is 2.52 bits per heavy atom. The molecule has 4 heteroatoms. The Morgan fingerprint density at radius 1 is 1.24 bits per heavy atom. The van der Waals surface area contributed by atoms with Gasteiger partial charge in [-0.05, 0) is 30.5 Å². The number of halogens is 1. The summed E-state index contributed by atoms with van der Waals surface area (Å²) >= 11 is 7.48. The quantitative estimate of drug-likeness (QED) is 0.737. The molecule has 0 spiro atoms. The first-order chi connectivity index (χ1) is 10.1. The minimum atomic E-state index is 0.193. The predicted molar refractivity (Wildman–Crippen MR) is 89.9 cm³/mol. The molecule has 112 valence electrons. The highest BCUT2D eigenvalue weighted by Gasteiger charge is 2.17. The standard InChI is InChI=1S/C17H20ClNOS/c1-3-19(12-15-9-10-16(18)21-15)17(20)11-13(2)14-7-5-4-6-8-14/h4-10,13H,3,11-12H2,1-2H3. The molecular formula is C17H20ClNOS. The zero-order valence-corrected chi connectivity index (χ0v) is 14.0. The Hall–Kier alpha value is -1.32. The SMILES string of the molecule is CCN(Cc1ccc(Cl)s1)C(=O)CC(C)c1ccccc1. The number of nitrogens with zero attached hydrogens (tertiary/aromatic N) is 1. The summed E-state index contributed by atoms with van der Waals surface area (Å²) in [6, 6.07) is 14.1. The molecule has 0 aliphatic carbocycles. The van der Waals surface area contributed by atoms with Crippen molar-refractivity contribution in [2.24, 2.45) is 0 Å². The van der Waals surface area contributed by atoms with E-state index in [1.165, 1.54) is 16.9 Å². The molecule has 0 saturated carbocycles. The molecule has 2 nitrogen and oxygen atoms in total. The number of hydrogen-bond donors (Lipinski definition) is 0. The summed E-state index contributed by atoms with van der Waals surface area (Å²) in [5, 5.41) is 0. The number of rotatable bonds is 6. The van der Waals surface area contributed by atoms with Crippen LogP contribution >= 0.6 is 22.9 Å². The van der Waals surface area contributed by atoms with Gasteiger partial charge in [-0.15, -0.1) is 11.3 Å². The highest BCUT2D eigenvalue weighted by atomic mass is 35.5. The number of carbonyl (C=O) groups excluding carboxylic acids is 1. The molecule has 1 unspecified atom stereocenters. The molecule has 21 heavy (non-hydrogen) atoms. The van der Waals surface area contributed by atoms with Gasteiger partial charge >= 0.3 is 0 Å². The Labute approximate surface area is 135 Å². The van der Waals surface area contributed by atoms with Crippen LogP contribution in [0.25, 0.3) is 0 Å². The van der Waals surface area contributed by atoms with E-state index in [-0.39, 0.29) is 11.8 Å². The van der Waals surface area contributed by atoms with E-state index >= 15 is 0 Å². The van der Waals surface area contributed by atoms with E-state index in [4.69, 9.17) is 11.6 Å². The molecule has 0 fully saturated rings. The molecule has 1 amide bonds. The first-order valence-electron chi connectivity index (χ1n) is 7.17. The predicted octanol–water partition coefficient (Wildman–Crippen LogP) is 4.94. The van der Waals surface area contributed by atoms with E-state index in [9.17, 15) is 4.79 Å². The van der Waals surface area contributed by atoms with Gasteiger partial charge in [0, 0.05) is 17.8 Å². The summed E-state index contributed by atoms with van der Waals surface area (Å²) in [6.45, 7) is 5.48. The van der Waals surface area contributed by atoms with Gasteiger partial charge in [-0.3, -0.25) is 4.79 Å². The van der Waals surface area contributed by atoms with Crippen LogP contribution in [0.5, 0.6) is 0 Å². The fourth-order valence-electron chi connectivity index (χ4n) is 2.29. The molecule has 0 N–H and O–H groups in total. The summed E-state index contributed by atoms with van der Waals surface area (Å²) < 4.78 is 0.770. The number of benzene rings is 1. The van der Waals surface area contributed by atoms with Crippen molar-refractivity contribution in [1.29, 1.82) is 0 Å². The van der Waals surface area contributed by atoms with Gasteiger partial charge in [0.25, 0.3) is 0 Å². The zero-order valence-electron chi connectivity index (χ0n) is 12.4. The Morgan fingerprint density at radius 2 is 1.95 bits per heavy atom. The Balaban J connectivity index is 1.97. The molecule has 0 saturated heterocycles. The molecule has 0 bridgehead atoms. The summed E-state index contributed by atoms with van der Waals surface area (Å²) in [6.07, 6.45) is 0.539. The summed E-state index contributed by atoms with van der Waals surface area (Å²) in [4.78, 5) is 15.5. The average molecular weight is 322 g/mol. The third-order valence-electron chi connectivity index (χ3n) is 3.56. The first-order valence-corrected chi connectivity index (χ1v) is 8.36. The van der Waals surface area contributed by atoms with Crippen molar-refractivity contribution >= 4 is 28.8 Å². The van der Waals surface area contributed by atoms with Gasteiger partial charge in [0.05, 0.1) is 10.9 Å². The average Bonchev–Trinajstić information content (AvgIpc) is 2.90. The molecule has 1 aromatic carbocycles. The van der Waals surface area contributed by atoms with Crippen molar-refractivity contribution < 1.29 is 4.79 Å². The van der Waals surface area contributed by atoms with Gasteiger partial charge in [-0.25, -0.2) is 0 Å². The van der Waals surface area contributed by atoms with Crippen LogP contribution in [0.2, 0.25) is 4.34 Å². The highest BCUT2D eigenvalue weighted by Crippen LogP contribution is 2.24. The Kier molecular flexibility index (Phi) is 5.83. The van der Waals surface area contributed by atoms with Crippen molar-refractivity contribution in [2.75, 3.05) is 6.54 Å². The van der Waals surface area contributed by atoms with Crippen LogP contribution in [0.1, 0.15) is 36.6 Å². The van der Waals surface area contributed by atoms with E-state index in [2.05, 4.69) is 19.1 Å². The maximum Gasteiger partial charge on any atom is 0.223 e.